The number of rotatable bonds is 5. The summed E-state index contributed by atoms with van der Waals surface area (Å²) in [6.07, 6.45) is 3.90. The number of nitrogens with two attached hydrogens (primary N) is 1. The summed E-state index contributed by atoms with van der Waals surface area (Å²) in [4.78, 5) is 11.5. The molecule has 0 spiro atoms. The second-order valence-corrected chi connectivity index (χ2v) is 3.77. The van der Waals surface area contributed by atoms with Crippen LogP contribution < -0.4 is 15.8 Å². The molecule has 0 bridgehead atoms. The Morgan fingerprint density at radius 1 is 1.53 bits per heavy atom. The second kappa shape index (κ2) is 6.71. The first-order valence-electron chi connectivity index (χ1n) is 5.55. The van der Waals surface area contributed by atoms with Crippen LogP contribution in [0, 0.1) is 24.0 Å². The molecule has 0 aromatic heterocycles. The van der Waals surface area contributed by atoms with Gasteiger partial charge >= 0.3 is 0 Å². The number of carbonyl (C=O) groups is 1. The molecule has 0 aliphatic rings. The van der Waals surface area contributed by atoms with Crippen molar-refractivity contribution >= 4 is 5.91 Å². The Labute approximate surface area is 109 Å². The maximum atomic E-state index is 13.6. The zero-order chi connectivity index (χ0) is 14.4. The SMILES string of the molecule is C#CCNC(=O)C(C)Oc1c(F)cc(CN)cc1F. The van der Waals surface area contributed by atoms with Gasteiger partial charge in [0.2, 0.25) is 0 Å². The predicted molar refractivity (Wildman–Crippen MR) is 66.2 cm³/mol. The largest absolute Gasteiger partial charge is 0.475 e. The van der Waals surface area contributed by atoms with Gasteiger partial charge in [0.1, 0.15) is 0 Å². The topological polar surface area (TPSA) is 64.3 Å². The van der Waals surface area contributed by atoms with E-state index < -0.39 is 29.4 Å². The molecule has 0 aliphatic heterocycles. The molecule has 1 rings (SSSR count). The molecule has 102 valence electrons. The van der Waals surface area contributed by atoms with E-state index >= 15 is 0 Å². The lowest BCUT2D eigenvalue weighted by Crippen LogP contribution is -2.36. The number of amides is 1. The van der Waals surface area contributed by atoms with Crippen LogP contribution in [0.1, 0.15) is 12.5 Å². The van der Waals surface area contributed by atoms with E-state index in [0.29, 0.717) is 5.56 Å². The molecule has 0 saturated heterocycles. The van der Waals surface area contributed by atoms with E-state index in [0.717, 1.165) is 12.1 Å². The van der Waals surface area contributed by atoms with Crippen LogP contribution in [-0.2, 0) is 11.3 Å². The number of benzene rings is 1. The van der Waals surface area contributed by atoms with E-state index in [2.05, 4.69) is 11.2 Å². The van der Waals surface area contributed by atoms with Crippen molar-refractivity contribution in [3.05, 3.63) is 29.3 Å². The van der Waals surface area contributed by atoms with Gasteiger partial charge in [0.25, 0.3) is 5.91 Å². The van der Waals surface area contributed by atoms with Gasteiger partial charge in [-0.1, -0.05) is 5.92 Å². The Morgan fingerprint density at radius 2 is 2.11 bits per heavy atom. The molecule has 1 aromatic carbocycles. The summed E-state index contributed by atoms with van der Waals surface area (Å²) in [5, 5.41) is 2.35. The van der Waals surface area contributed by atoms with E-state index in [9.17, 15) is 13.6 Å². The summed E-state index contributed by atoms with van der Waals surface area (Å²) in [7, 11) is 0. The number of nitrogens with one attached hydrogen (secondary N) is 1. The summed E-state index contributed by atoms with van der Waals surface area (Å²) in [6.45, 7) is 1.39. The van der Waals surface area contributed by atoms with Crippen molar-refractivity contribution in [3.8, 4) is 18.1 Å². The third-order valence-electron chi connectivity index (χ3n) is 2.32. The molecule has 0 aliphatic carbocycles. The minimum atomic E-state index is -1.07. The van der Waals surface area contributed by atoms with Crippen molar-refractivity contribution in [3.63, 3.8) is 0 Å². The van der Waals surface area contributed by atoms with Crippen molar-refractivity contribution in [2.45, 2.75) is 19.6 Å². The third kappa shape index (κ3) is 3.93. The van der Waals surface area contributed by atoms with Gasteiger partial charge in [-0.05, 0) is 24.6 Å². The van der Waals surface area contributed by atoms with Gasteiger partial charge in [-0.3, -0.25) is 4.79 Å². The fourth-order valence-electron chi connectivity index (χ4n) is 1.35. The zero-order valence-electron chi connectivity index (χ0n) is 10.4. The Balaban J connectivity index is 2.82. The van der Waals surface area contributed by atoms with Crippen LogP contribution in [-0.4, -0.2) is 18.6 Å². The summed E-state index contributed by atoms with van der Waals surface area (Å²) in [5.41, 5.74) is 5.58. The number of terminal acetylenes is 1. The number of hydrogen-bond acceptors (Lipinski definition) is 3. The molecule has 1 atom stereocenters. The number of ether oxygens (including phenoxy) is 1. The van der Waals surface area contributed by atoms with E-state index in [1.807, 2.05) is 0 Å². The van der Waals surface area contributed by atoms with Crippen LogP contribution >= 0.6 is 0 Å². The average Bonchev–Trinajstić information content (AvgIpc) is 2.39. The van der Waals surface area contributed by atoms with E-state index in [-0.39, 0.29) is 13.1 Å². The molecule has 4 nitrogen and oxygen atoms in total. The highest BCUT2D eigenvalue weighted by atomic mass is 19.1. The number of hydrogen-bond donors (Lipinski definition) is 2. The minimum Gasteiger partial charge on any atom is -0.475 e. The first-order valence-corrected chi connectivity index (χ1v) is 5.55. The van der Waals surface area contributed by atoms with Crippen LogP contribution in [0.2, 0.25) is 0 Å². The molecular weight excluding hydrogens is 254 g/mol. The monoisotopic (exact) mass is 268 g/mol. The second-order valence-electron chi connectivity index (χ2n) is 3.77. The number of carbonyl (C=O) groups excluding carboxylic acids is 1. The molecule has 1 aromatic rings. The lowest BCUT2D eigenvalue weighted by Gasteiger charge is -2.15. The van der Waals surface area contributed by atoms with Crippen LogP contribution in [0.25, 0.3) is 0 Å². The van der Waals surface area contributed by atoms with Crippen molar-refractivity contribution in [2.24, 2.45) is 5.73 Å². The van der Waals surface area contributed by atoms with E-state index in [1.54, 1.807) is 0 Å². The Morgan fingerprint density at radius 3 is 2.58 bits per heavy atom. The van der Waals surface area contributed by atoms with Gasteiger partial charge in [0, 0.05) is 6.54 Å². The fourth-order valence-corrected chi connectivity index (χ4v) is 1.35. The summed E-state index contributed by atoms with van der Waals surface area (Å²) in [5.74, 6) is -0.772. The molecule has 0 saturated carbocycles. The van der Waals surface area contributed by atoms with Crippen molar-refractivity contribution in [1.82, 2.24) is 5.32 Å². The molecule has 3 N–H and O–H groups in total. The lowest BCUT2D eigenvalue weighted by atomic mass is 10.2. The molecule has 6 heteroatoms. The van der Waals surface area contributed by atoms with Gasteiger partial charge in [-0.25, -0.2) is 8.78 Å². The molecular formula is C13H14F2N2O2. The van der Waals surface area contributed by atoms with Crippen LogP contribution in [0.15, 0.2) is 12.1 Å². The van der Waals surface area contributed by atoms with Gasteiger partial charge in [0.05, 0.1) is 6.54 Å². The van der Waals surface area contributed by atoms with Crippen molar-refractivity contribution < 1.29 is 18.3 Å². The molecule has 1 amide bonds. The van der Waals surface area contributed by atoms with E-state index in [4.69, 9.17) is 16.9 Å². The van der Waals surface area contributed by atoms with Crippen molar-refractivity contribution in [2.75, 3.05) is 6.54 Å². The van der Waals surface area contributed by atoms with Crippen LogP contribution in [0.3, 0.4) is 0 Å². The van der Waals surface area contributed by atoms with Crippen LogP contribution in [0.4, 0.5) is 8.78 Å². The molecule has 0 heterocycles. The molecule has 19 heavy (non-hydrogen) atoms. The smallest absolute Gasteiger partial charge is 0.261 e. The first kappa shape index (κ1) is 14.9. The van der Waals surface area contributed by atoms with Gasteiger partial charge in [-0.2, -0.15) is 0 Å². The molecule has 0 fully saturated rings. The normalized spacial score (nSPS) is 11.5. The predicted octanol–water partition coefficient (Wildman–Crippen LogP) is 0.940. The molecule has 0 radical (unpaired) electrons. The van der Waals surface area contributed by atoms with Gasteiger partial charge in [-0.15, -0.1) is 6.42 Å². The lowest BCUT2D eigenvalue weighted by molar-refractivity contribution is -0.127. The van der Waals surface area contributed by atoms with Crippen LogP contribution in [0.5, 0.6) is 5.75 Å². The first-order chi connectivity index (χ1) is 8.99. The van der Waals surface area contributed by atoms with Gasteiger partial charge < -0.3 is 15.8 Å². The molecule has 1 unspecified atom stereocenters. The summed E-state index contributed by atoms with van der Waals surface area (Å²) < 4.78 is 32.1. The highest BCUT2D eigenvalue weighted by Crippen LogP contribution is 2.24. The highest BCUT2D eigenvalue weighted by molar-refractivity contribution is 5.80. The van der Waals surface area contributed by atoms with Crippen molar-refractivity contribution in [1.29, 1.82) is 0 Å². The summed E-state index contributed by atoms with van der Waals surface area (Å²) in [6, 6.07) is 2.12. The third-order valence-corrected chi connectivity index (χ3v) is 2.32. The Kier molecular flexibility index (Phi) is 5.27. The highest BCUT2D eigenvalue weighted by Gasteiger charge is 2.19. The standard InChI is InChI=1S/C13H14F2N2O2/c1-3-4-17-13(18)8(2)19-12-10(14)5-9(7-16)6-11(12)15/h1,5-6,8H,4,7,16H2,2H3,(H,17,18). The fraction of sp³-hybridized carbons (Fsp3) is 0.308. The number of halogens is 2. The maximum absolute atomic E-state index is 13.6. The Hall–Kier alpha value is -2.13. The van der Waals surface area contributed by atoms with Gasteiger partial charge in [0.15, 0.2) is 23.5 Å². The summed E-state index contributed by atoms with van der Waals surface area (Å²) >= 11 is 0. The zero-order valence-corrected chi connectivity index (χ0v) is 10.4. The minimum absolute atomic E-state index is 0.00628. The maximum Gasteiger partial charge on any atom is 0.261 e. The average molecular weight is 268 g/mol. The van der Waals surface area contributed by atoms with E-state index in [1.165, 1.54) is 6.92 Å². The quantitative estimate of drug-likeness (QED) is 0.781. The Bertz CT molecular complexity index is 489.